The van der Waals surface area contributed by atoms with Crippen LogP contribution in [0.3, 0.4) is 0 Å². The first-order chi connectivity index (χ1) is 7.70. The molecule has 1 saturated heterocycles. The van der Waals surface area contributed by atoms with Crippen molar-refractivity contribution in [1.29, 1.82) is 0 Å². The highest BCUT2D eigenvalue weighted by Gasteiger charge is 2.11. The van der Waals surface area contributed by atoms with Crippen molar-refractivity contribution in [3.8, 4) is 0 Å². The van der Waals surface area contributed by atoms with E-state index in [2.05, 4.69) is 24.1 Å². The number of likely N-dealkylation sites (tertiary alicyclic amines) is 1. The van der Waals surface area contributed by atoms with Gasteiger partial charge < -0.3 is 10.2 Å². The van der Waals surface area contributed by atoms with Crippen LogP contribution < -0.4 is 5.32 Å². The van der Waals surface area contributed by atoms with Gasteiger partial charge in [-0.05, 0) is 43.8 Å². The van der Waals surface area contributed by atoms with E-state index in [-0.39, 0.29) is 0 Å². The zero-order chi connectivity index (χ0) is 11.8. The highest BCUT2D eigenvalue weighted by atomic mass is 32.1. The zero-order valence-corrected chi connectivity index (χ0v) is 11.6. The van der Waals surface area contributed by atoms with Crippen LogP contribution in [-0.4, -0.2) is 29.6 Å². The third-order valence-electron chi connectivity index (χ3n) is 3.13. The Kier molecular flexibility index (Phi) is 6.78. The lowest BCUT2D eigenvalue weighted by Crippen LogP contribution is -2.40. The SMILES string of the molecule is CC(C)CCCNC(=S)N1CCCCCC1. The molecule has 0 spiro atoms. The minimum atomic E-state index is 0.800. The van der Waals surface area contributed by atoms with Gasteiger partial charge in [-0.15, -0.1) is 0 Å². The van der Waals surface area contributed by atoms with Gasteiger partial charge in [0.2, 0.25) is 0 Å². The highest BCUT2D eigenvalue weighted by molar-refractivity contribution is 7.80. The summed E-state index contributed by atoms with van der Waals surface area (Å²) in [6.45, 7) is 7.87. The molecule has 1 fully saturated rings. The first kappa shape index (κ1) is 13.8. The van der Waals surface area contributed by atoms with Gasteiger partial charge in [0, 0.05) is 19.6 Å². The van der Waals surface area contributed by atoms with E-state index in [0.29, 0.717) is 0 Å². The molecule has 0 aromatic heterocycles. The van der Waals surface area contributed by atoms with E-state index in [4.69, 9.17) is 12.2 Å². The van der Waals surface area contributed by atoms with Crippen LogP contribution in [-0.2, 0) is 0 Å². The number of hydrogen-bond acceptors (Lipinski definition) is 1. The van der Waals surface area contributed by atoms with Gasteiger partial charge in [-0.2, -0.15) is 0 Å². The molecule has 0 radical (unpaired) electrons. The Labute approximate surface area is 106 Å². The van der Waals surface area contributed by atoms with Crippen molar-refractivity contribution in [2.75, 3.05) is 19.6 Å². The molecule has 0 amide bonds. The molecule has 0 saturated carbocycles. The van der Waals surface area contributed by atoms with Crippen LogP contribution >= 0.6 is 12.2 Å². The zero-order valence-electron chi connectivity index (χ0n) is 10.8. The lowest BCUT2D eigenvalue weighted by molar-refractivity contribution is 0.424. The highest BCUT2D eigenvalue weighted by Crippen LogP contribution is 2.09. The van der Waals surface area contributed by atoms with Gasteiger partial charge in [-0.25, -0.2) is 0 Å². The van der Waals surface area contributed by atoms with Crippen molar-refractivity contribution in [3.05, 3.63) is 0 Å². The van der Waals surface area contributed by atoms with E-state index in [9.17, 15) is 0 Å². The van der Waals surface area contributed by atoms with Crippen LogP contribution in [0.4, 0.5) is 0 Å². The van der Waals surface area contributed by atoms with Crippen LogP contribution in [0.25, 0.3) is 0 Å². The summed E-state index contributed by atoms with van der Waals surface area (Å²) in [6.07, 6.45) is 7.85. The molecule has 16 heavy (non-hydrogen) atoms. The Bertz CT molecular complexity index is 196. The summed E-state index contributed by atoms with van der Waals surface area (Å²) in [5.41, 5.74) is 0. The molecule has 0 aromatic carbocycles. The minimum absolute atomic E-state index is 0.800. The van der Waals surface area contributed by atoms with E-state index in [0.717, 1.165) is 30.7 Å². The van der Waals surface area contributed by atoms with Crippen molar-refractivity contribution in [2.24, 2.45) is 5.92 Å². The summed E-state index contributed by atoms with van der Waals surface area (Å²) in [5.74, 6) is 0.800. The van der Waals surface area contributed by atoms with Crippen LogP contribution in [0, 0.1) is 5.92 Å². The summed E-state index contributed by atoms with van der Waals surface area (Å²) in [5, 5.41) is 4.37. The molecular weight excluding hydrogens is 216 g/mol. The fourth-order valence-corrected chi connectivity index (χ4v) is 2.38. The molecule has 1 N–H and O–H groups in total. The Morgan fingerprint density at radius 2 is 1.81 bits per heavy atom. The Morgan fingerprint density at radius 3 is 2.38 bits per heavy atom. The van der Waals surface area contributed by atoms with Gasteiger partial charge in [0.15, 0.2) is 5.11 Å². The van der Waals surface area contributed by atoms with Crippen molar-refractivity contribution >= 4 is 17.3 Å². The molecule has 0 unspecified atom stereocenters. The summed E-state index contributed by atoms with van der Waals surface area (Å²) in [7, 11) is 0. The predicted molar refractivity (Wildman–Crippen MR) is 74.7 cm³/mol. The Balaban J connectivity index is 2.13. The normalized spacial score (nSPS) is 17.3. The van der Waals surface area contributed by atoms with Gasteiger partial charge in [-0.1, -0.05) is 26.7 Å². The molecule has 2 nitrogen and oxygen atoms in total. The third kappa shape index (κ3) is 5.69. The lowest BCUT2D eigenvalue weighted by atomic mass is 10.1. The molecule has 1 heterocycles. The average molecular weight is 242 g/mol. The molecule has 94 valence electrons. The monoisotopic (exact) mass is 242 g/mol. The van der Waals surface area contributed by atoms with Gasteiger partial charge in [0.05, 0.1) is 0 Å². The predicted octanol–water partition coefficient (Wildman–Crippen LogP) is 3.17. The summed E-state index contributed by atoms with van der Waals surface area (Å²) in [4.78, 5) is 2.34. The molecule has 0 bridgehead atoms. The van der Waals surface area contributed by atoms with E-state index in [1.807, 2.05) is 0 Å². The molecule has 0 aliphatic carbocycles. The van der Waals surface area contributed by atoms with Crippen LogP contribution in [0.5, 0.6) is 0 Å². The van der Waals surface area contributed by atoms with Gasteiger partial charge in [0.1, 0.15) is 0 Å². The van der Waals surface area contributed by atoms with Crippen LogP contribution in [0.15, 0.2) is 0 Å². The number of nitrogens with one attached hydrogen (secondary N) is 1. The fraction of sp³-hybridized carbons (Fsp3) is 0.923. The van der Waals surface area contributed by atoms with Crippen LogP contribution in [0.1, 0.15) is 52.4 Å². The Hall–Kier alpha value is -0.310. The lowest BCUT2D eigenvalue weighted by Gasteiger charge is -2.24. The van der Waals surface area contributed by atoms with Gasteiger partial charge in [0.25, 0.3) is 0 Å². The molecular formula is C13H26N2S. The number of rotatable bonds is 4. The minimum Gasteiger partial charge on any atom is -0.363 e. The quantitative estimate of drug-likeness (QED) is 0.602. The van der Waals surface area contributed by atoms with Crippen molar-refractivity contribution < 1.29 is 0 Å². The molecule has 0 aromatic rings. The summed E-state index contributed by atoms with van der Waals surface area (Å²) in [6, 6.07) is 0. The maximum Gasteiger partial charge on any atom is 0.168 e. The van der Waals surface area contributed by atoms with Crippen molar-refractivity contribution in [1.82, 2.24) is 10.2 Å². The van der Waals surface area contributed by atoms with E-state index >= 15 is 0 Å². The average Bonchev–Trinajstić information content (AvgIpc) is 2.52. The maximum absolute atomic E-state index is 5.43. The number of thiocarbonyl (C=S) groups is 1. The molecule has 1 rings (SSSR count). The van der Waals surface area contributed by atoms with Gasteiger partial charge in [-0.3, -0.25) is 0 Å². The van der Waals surface area contributed by atoms with Crippen molar-refractivity contribution in [3.63, 3.8) is 0 Å². The summed E-state index contributed by atoms with van der Waals surface area (Å²) < 4.78 is 0. The second-order valence-corrected chi connectivity index (χ2v) is 5.56. The van der Waals surface area contributed by atoms with E-state index in [1.165, 1.54) is 38.5 Å². The first-order valence-corrected chi connectivity index (χ1v) is 7.13. The van der Waals surface area contributed by atoms with E-state index in [1.54, 1.807) is 0 Å². The topological polar surface area (TPSA) is 15.3 Å². The summed E-state index contributed by atoms with van der Waals surface area (Å²) >= 11 is 5.43. The molecule has 3 heteroatoms. The molecule has 1 aliphatic heterocycles. The largest absolute Gasteiger partial charge is 0.363 e. The standard InChI is InChI=1S/C13H26N2S/c1-12(2)8-7-9-14-13(16)15-10-5-3-4-6-11-15/h12H,3-11H2,1-2H3,(H,14,16). The molecule has 1 aliphatic rings. The second-order valence-electron chi connectivity index (χ2n) is 5.17. The third-order valence-corrected chi connectivity index (χ3v) is 3.53. The maximum atomic E-state index is 5.43. The second kappa shape index (κ2) is 7.88. The number of hydrogen-bond donors (Lipinski definition) is 1. The van der Waals surface area contributed by atoms with Crippen molar-refractivity contribution in [2.45, 2.75) is 52.4 Å². The van der Waals surface area contributed by atoms with Gasteiger partial charge >= 0.3 is 0 Å². The fourth-order valence-electron chi connectivity index (χ4n) is 2.09. The molecule has 0 atom stereocenters. The van der Waals surface area contributed by atoms with E-state index < -0.39 is 0 Å². The first-order valence-electron chi connectivity index (χ1n) is 6.73. The smallest absolute Gasteiger partial charge is 0.168 e. The van der Waals surface area contributed by atoms with Crippen LogP contribution in [0.2, 0.25) is 0 Å². The number of nitrogens with zero attached hydrogens (tertiary/aromatic N) is 1. The Morgan fingerprint density at radius 1 is 1.19 bits per heavy atom.